The fourth-order valence-corrected chi connectivity index (χ4v) is 2.85. The molecule has 6 nitrogen and oxygen atoms in total. The van der Waals surface area contributed by atoms with Crippen LogP contribution >= 0.6 is 0 Å². The predicted molar refractivity (Wildman–Crippen MR) is 92.8 cm³/mol. The first kappa shape index (κ1) is 17.7. The van der Waals surface area contributed by atoms with Gasteiger partial charge in [0.2, 0.25) is 0 Å². The summed E-state index contributed by atoms with van der Waals surface area (Å²) in [5.74, 6) is -0.473. The Bertz CT molecular complexity index is 884. The highest BCUT2D eigenvalue weighted by Gasteiger charge is 2.30. The number of hydrogen-bond donors (Lipinski definition) is 1. The first-order valence-electron chi connectivity index (χ1n) is 8.36. The van der Waals surface area contributed by atoms with Crippen molar-refractivity contribution in [2.75, 3.05) is 13.2 Å². The summed E-state index contributed by atoms with van der Waals surface area (Å²) in [4.78, 5) is 36.5. The number of hydrogen-bond acceptors (Lipinski definition) is 6. The maximum atomic E-state index is 12.7. The molecule has 0 radical (unpaired) electrons. The minimum Gasteiger partial charge on any atom is -0.508 e. The van der Waals surface area contributed by atoms with Crippen LogP contribution in [0.2, 0.25) is 0 Å². The topological polar surface area (TPSA) is 89.9 Å². The van der Waals surface area contributed by atoms with E-state index in [2.05, 4.69) is 0 Å². The number of carbonyl (C=O) groups excluding carboxylic acids is 3. The van der Waals surface area contributed by atoms with Crippen LogP contribution in [0.4, 0.5) is 0 Å². The number of rotatable bonds is 6. The molecule has 0 amide bonds. The number of ether oxygens (including phenoxy) is 2. The fourth-order valence-electron chi connectivity index (χ4n) is 2.85. The van der Waals surface area contributed by atoms with E-state index in [1.165, 1.54) is 24.3 Å². The van der Waals surface area contributed by atoms with Crippen LogP contribution in [0.3, 0.4) is 0 Å². The van der Waals surface area contributed by atoms with Crippen molar-refractivity contribution in [2.24, 2.45) is 0 Å². The van der Waals surface area contributed by atoms with Crippen LogP contribution in [0.5, 0.6) is 11.5 Å². The molecule has 1 aliphatic rings. The lowest BCUT2D eigenvalue weighted by Crippen LogP contribution is -2.20. The van der Waals surface area contributed by atoms with Gasteiger partial charge in [0.25, 0.3) is 0 Å². The second-order valence-electron chi connectivity index (χ2n) is 5.85. The Balaban J connectivity index is 1.73. The molecule has 0 saturated carbocycles. The first-order valence-corrected chi connectivity index (χ1v) is 8.36. The van der Waals surface area contributed by atoms with Gasteiger partial charge in [-0.05, 0) is 49.7 Å². The van der Waals surface area contributed by atoms with Gasteiger partial charge in [-0.2, -0.15) is 0 Å². The van der Waals surface area contributed by atoms with Crippen LogP contribution in [0.25, 0.3) is 0 Å². The first-order chi connectivity index (χ1) is 12.5. The molecule has 0 spiro atoms. The largest absolute Gasteiger partial charge is 0.508 e. The van der Waals surface area contributed by atoms with Crippen molar-refractivity contribution < 1.29 is 29.0 Å². The molecule has 1 aliphatic carbocycles. The lowest BCUT2D eigenvalue weighted by atomic mass is 9.84. The van der Waals surface area contributed by atoms with Crippen molar-refractivity contribution in [2.45, 2.75) is 19.8 Å². The van der Waals surface area contributed by atoms with Gasteiger partial charge in [-0.15, -0.1) is 0 Å². The number of phenolic OH excluding ortho intramolecular Hbond substituents is 1. The maximum Gasteiger partial charge on any atom is 0.305 e. The zero-order valence-electron chi connectivity index (χ0n) is 14.3. The summed E-state index contributed by atoms with van der Waals surface area (Å²) in [6.07, 6.45) is 0.748. The Labute approximate surface area is 150 Å². The van der Waals surface area contributed by atoms with E-state index in [0.29, 0.717) is 25.4 Å². The number of esters is 1. The van der Waals surface area contributed by atoms with E-state index in [1.54, 1.807) is 19.1 Å². The second kappa shape index (κ2) is 7.39. The summed E-state index contributed by atoms with van der Waals surface area (Å²) < 4.78 is 10.4. The van der Waals surface area contributed by atoms with Gasteiger partial charge in [-0.1, -0.05) is 0 Å². The fraction of sp³-hybridized carbons (Fsp3) is 0.250. The zero-order chi connectivity index (χ0) is 18.7. The zero-order valence-corrected chi connectivity index (χ0v) is 14.3. The number of ketones is 2. The highest BCUT2D eigenvalue weighted by Crippen LogP contribution is 2.31. The maximum absolute atomic E-state index is 12.7. The lowest BCUT2D eigenvalue weighted by molar-refractivity contribution is -0.143. The Morgan fingerprint density at radius 2 is 1.62 bits per heavy atom. The van der Waals surface area contributed by atoms with Crippen molar-refractivity contribution >= 4 is 17.5 Å². The Kier molecular flexibility index (Phi) is 5.02. The summed E-state index contributed by atoms with van der Waals surface area (Å²) in [5.41, 5.74) is 1.02. The van der Waals surface area contributed by atoms with Gasteiger partial charge >= 0.3 is 5.97 Å². The van der Waals surface area contributed by atoms with E-state index in [0.717, 1.165) is 0 Å². The molecule has 2 aromatic carbocycles. The van der Waals surface area contributed by atoms with E-state index >= 15 is 0 Å². The summed E-state index contributed by atoms with van der Waals surface area (Å²) >= 11 is 0. The molecule has 0 aromatic heterocycles. The Morgan fingerprint density at radius 1 is 0.962 bits per heavy atom. The minimum absolute atomic E-state index is 0.0603. The monoisotopic (exact) mass is 354 g/mol. The SMILES string of the molecule is CCOC(=O)CCCOc1ccc2c(c1)C(=O)c1ccc(O)cc1C2=O. The number of carbonyl (C=O) groups is 3. The molecule has 0 heterocycles. The highest BCUT2D eigenvalue weighted by atomic mass is 16.5. The van der Waals surface area contributed by atoms with E-state index < -0.39 is 0 Å². The third kappa shape index (κ3) is 3.44. The average Bonchev–Trinajstić information content (AvgIpc) is 2.63. The molecule has 0 unspecified atom stereocenters. The van der Waals surface area contributed by atoms with E-state index in [1.807, 2.05) is 0 Å². The molecule has 6 heteroatoms. The van der Waals surface area contributed by atoms with Gasteiger partial charge in [-0.25, -0.2) is 0 Å². The summed E-state index contributed by atoms with van der Waals surface area (Å²) in [7, 11) is 0. The van der Waals surface area contributed by atoms with E-state index in [9.17, 15) is 19.5 Å². The number of aromatic hydroxyl groups is 1. The van der Waals surface area contributed by atoms with Gasteiger partial charge < -0.3 is 14.6 Å². The van der Waals surface area contributed by atoms with Gasteiger partial charge in [-0.3, -0.25) is 14.4 Å². The quantitative estimate of drug-likeness (QED) is 0.541. The molecule has 26 heavy (non-hydrogen) atoms. The van der Waals surface area contributed by atoms with Crippen LogP contribution in [0.15, 0.2) is 36.4 Å². The van der Waals surface area contributed by atoms with Gasteiger partial charge in [0.15, 0.2) is 11.6 Å². The smallest absolute Gasteiger partial charge is 0.305 e. The average molecular weight is 354 g/mol. The molecule has 0 atom stereocenters. The predicted octanol–water partition coefficient (Wildman–Crippen LogP) is 2.89. The Morgan fingerprint density at radius 3 is 2.31 bits per heavy atom. The number of fused-ring (bicyclic) bond motifs is 2. The number of phenols is 1. The van der Waals surface area contributed by atoms with Crippen molar-refractivity contribution in [3.63, 3.8) is 0 Å². The normalized spacial score (nSPS) is 12.3. The third-order valence-corrected chi connectivity index (χ3v) is 4.07. The van der Waals surface area contributed by atoms with E-state index in [4.69, 9.17) is 9.47 Å². The van der Waals surface area contributed by atoms with Crippen molar-refractivity contribution in [3.8, 4) is 11.5 Å². The molecular weight excluding hydrogens is 336 g/mol. The molecule has 2 aromatic rings. The van der Waals surface area contributed by atoms with Crippen LogP contribution in [-0.2, 0) is 9.53 Å². The van der Waals surface area contributed by atoms with Gasteiger partial charge in [0.05, 0.1) is 13.2 Å². The highest BCUT2D eigenvalue weighted by molar-refractivity contribution is 6.28. The van der Waals surface area contributed by atoms with Crippen LogP contribution < -0.4 is 4.74 Å². The lowest BCUT2D eigenvalue weighted by Gasteiger charge is -2.18. The van der Waals surface area contributed by atoms with Crippen molar-refractivity contribution in [3.05, 3.63) is 58.7 Å². The van der Waals surface area contributed by atoms with Crippen LogP contribution in [-0.4, -0.2) is 35.9 Å². The molecule has 3 rings (SSSR count). The van der Waals surface area contributed by atoms with Gasteiger partial charge in [0, 0.05) is 28.7 Å². The molecule has 0 saturated heterocycles. The molecule has 0 bridgehead atoms. The molecule has 1 N–H and O–H groups in total. The van der Waals surface area contributed by atoms with Crippen molar-refractivity contribution in [1.82, 2.24) is 0 Å². The molecule has 0 aliphatic heterocycles. The molecule has 134 valence electrons. The van der Waals surface area contributed by atoms with Crippen molar-refractivity contribution in [1.29, 1.82) is 0 Å². The van der Waals surface area contributed by atoms with Crippen LogP contribution in [0.1, 0.15) is 51.6 Å². The third-order valence-electron chi connectivity index (χ3n) is 4.07. The van der Waals surface area contributed by atoms with Gasteiger partial charge in [0.1, 0.15) is 11.5 Å². The summed E-state index contributed by atoms with van der Waals surface area (Å²) in [6.45, 7) is 2.39. The molecular formula is C20H18O6. The standard InChI is InChI=1S/C20H18O6/c1-2-25-18(22)4-3-9-26-13-6-8-15-17(11-13)20(24)14-7-5-12(21)10-16(14)19(15)23/h5-8,10-11,21H,2-4,9H2,1H3. The Hall–Kier alpha value is -3.15. The van der Waals surface area contributed by atoms with Crippen LogP contribution in [0, 0.1) is 0 Å². The summed E-state index contributed by atoms with van der Waals surface area (Å²) in [6, 6.07) is 8.82. The summed E-state index contributed by atoms with van der Waals surface area (Å²) in [5, 5.41) is 9.56. The number of benzene rings is 2. The van der Waals surface area contributed by atoms with E-state index in [-0.39, 0.29) is 52.0 Å². The minimum atomic E-state index is -0.306. The molecule has 0 fully saturated rings. The second-order valence-corrected chi connectivity index (χ2v) is 5.85.